The third-order valence-corrected chi connectivity index (χ3v) is 4.68. The van der Waals surface area contributed by atoms with E-state index in [4.69, 9.17) is 5.73 Å². The van der Waals surface area contributed by atoms with Crippen LogP contribution in [0.25, 0.3) is 0 Å². The second kappa shape index (κ2) is 6.19. The number of amides is 2. The van der Waals surface area contributed by atoms with E-state index in [-0.39, 0.29) is 5.91 Å². The van der Waals surface area contributed by atoms with Crippen molar-refractivity contribution in [1.82, 2.24) is 0 Å². The lowest BCUT2D eigenvalue weighted by Crippen LogP contribution is -2.14. The first-order chi connectivity index (χ1) is 9.49. The van der Waals surface area contributed by atoms with Crippen LogP contribution in [0.2, 0.25) is 0 Å². The summed E-state index contributed by atoms with van der Waals surface area (Å²) >= 11 is 6.76. The highest BCUT2D eigenvalue weighted by molar-refractivity contribution is 9.13. The Morgan fingerprint density at radius 2 is 1.55 bits per heavy atom. The van der Waals surface area contributed by atoms with Crippen molar-refractivity contribution in [3.8, 4) is 0 Å². The van der Waals surface area contributed by atoms with Gasteiger partial charge in [-0.2, -0.15) is 0 Å². The van der Waals surface area contributed by atoms with Gasteiger partial charge in [0.25, 0.3) is 5.91 Å². The van der Waals surface area contributed by atoms with Gasteiger partial charge in [0.05, 0.1) is 10.2 Å². The number of benzene rings is 2. The molecular formula is C14H10Br2N2O2. The number of rotatable bonds is 3. The van der Waals surface area contributed by atoms with Crippen LogP contribution in [0.5, 0.6) is 0 Å². The van der Waals surface area contributed by atoms with Crippen molar-refractivity contribution in [2.45, 2.75) is 0 Å². The van der Waals surface area contributed by atoms with Crippen molar-refractivity contribution in [2.24, 2.45) is 5.73 Å². The maximum atomic E-state index is 12.1. The Bertz CT molecular complexity index is 669. The zero-order valence-corrected chi connectivity index (χ0v) is 13.4. The quantitative estimate of drug-likeness (QED) is 0.830. The van der Waals surface area contributed by atoms with E-state index in [2.05, 4.69) is 37.2 Å². The maximum absolute atomic E-state index is 12.1. The van der Waals surface area contributed by atoms with Gasteiger partial charge in [-0.3, -0.25) is 9.59 Å². The summed E-state index contributed by atoms with van der Waals surface area (Å²) in [7, 11) is 0. The SMILES string of the molecule is NC(=O)c1ccc(C(=O)Nc2cccc(Br)c2Br)cc1. The van der Waals surface area contributed by atoms with Crippen LogP contribution in [-0.4, -0.2) is 11.8 Å². The van der Waals surface area contributed by atoms with E-state index < -0.39 is 5.91 Å². The molecule has 0 aliphatic carbocycles. The molecule has 2 aromatic rings. The highest BCUT2D eigenvalue weighted by atomic mass is 79.9. The van der Waals surface area contributed by atoms with Gasteiger partial charge in [0, 0.05) is 15.6 Å². The minimum atomic E-state index is -0.522. The molecule has 102 valence electrons. The first-order valence-electron chi connectivity index (χ1n) is 5.64. The smallest absolute Gasteiger partial charge is 0.255 e. The van der Waals surface area contributed by atoms with Crippen LogP contribution in [-0.2, 0) is 0 Å². The Balaban J connectivity index is 2.20. The molecule has 6 heteroatoms. The minimum absolute atomic E-state index is 0.264. The van der Waals surface area contributed by atoms with Crippen molar-refractivity contribution in [3.05, 3.63) is 62.5 Å². The molecule has 0 aliphatic rings. The van der Waals surface area contributed by atoms with Gasteiger partial charge in [-0.15, -0.1) is 0 Å². The van der Waals surface area contributed by atoms with E-state index in [0.29, 0.717) is 16.8 Å². The fourth-order valence-electron chi connectivity index (χ4n) is 1.58. The number of nitrogens with two attached hydrogens (primary N) is 1. The number of carbonyl (C=O) groups excluding carboxylic acids is 2. The van der Waals surface area contributed by atoms with Gasteiger partial charge in [-0.25, -0.2) is 0 Å². The Morgan fingerprint density at radius 3 is 2.15 bits per heavy atom. The standard InChI is InChI=1S/C14H10Br2N2O2/c15-10-2-1-3-11(12(10)16)18-14(20)9-6-4-8(5-7-9)13(17)19/h1-7H,(H2,17,19)(H,18,20). The molecule has 0 aromatic heterocycles. The van der Waals surface area contributed by atoms with Crippen molar-refractivity contribution in [3.63, 3.8) is 0 Å². The van der Waals surface area contributed by atoms with Crippen LogP contribution in [0.3, 0.4) is 0 Å². The summed E-state index contributed by atoms with van der Waals surface area (Å²) in [4.78, 5) is 23.1. The first-order valence-corrected chi connectivity index (χ1v) is 7.23. The number of anilines is 1. The number of carbonyl (C=O) groups is 2. The van der Waals surface area contributed by atoms with Crippen LogP contribution in [0.15, 0.2) is 51.4 Å². The summed E-state index contributed by atoms with van der Waals surface area (Å²) in [5, 5.41) is 2.78. The Kier molecular flexibility index (Phi) is 4.57. The van der Waals surface area contributed by atoms with Gasteiger partial charge in [0.1, 0.15) is 0 Å². The molecule has 0 heterocycles. The fraction of sp³-hybridized carbons (Fsp3) is 0. The van der Waals surface area contributed by atoms with Gasteiger partial charge >= 0.3 is 0 Å². The minimum Gasteiger partial charge on any atom is -0.366 e. The van der Waals surface area contributed by atoms with E-state index >= 15 is 0 Å². The summed E-state index contributed by atoms with van der Waals surface area (Å²) in [6, 6.07) is 11.6. The lowest BCUT2D eigenvalue weighted by Gasteiger charge is -2.08. The van der Waals surface area contributed by atoms with E-state index in [1.165, 1.54) is 12.1 Å². The van der Waals surface area contributed by atoms with Crippen molar-refractivity contribution >= 4 is 49.4 Å². The van der Waals surface area contributed by atoms with Crippen LogP contribution in [0, 0.1) is 0 Å². The van der Waals surface area contributed by atoms with E-state index in [1.807, 2.05) is 12.1 Å². The third-order valence-electron chi connectivity index (χ3n) is 2.63. The van der Waals surface area contributed by atoms with Gasteiger partial charge in [0.2, 0.25) is 5.91 Å². The normalized spacial score (nSPS) is 10.1. The average Bonchev–Trinajstić information content (AvgIpc) is 2.44. The maximum Gasteiger partial charge on any atom is 0.255 e. The number of halogens is 2. The molecule has 0 saturated heterocycles. The summed E-state index contributed by atoms with van der Waals surface area (Å²) in [5.74, 6) is -0.786. The largest absolute Gasteiger partial charge is 0.366 e. The summed E-state index contributed by atoms with van der Waals surface area (Å²) in [5.41, 5.74) is 6.62. The number of hydrogen-bond acceptors (Lipinski definition) is 2. The fourth-order valence-corrected chi connectivity index (χ4v) is 2.31. The van der Waals surface area contributed by atoms with E-state index in [0.717, 1.165) is 8.95 Å². The average molecular weight is 398 g/mol. The van der Waals surface area contributed by atoms with Gasteiger partial charge in [-0.05, 0) is 68.3 Å². The van der Waals surface area contributed by atoms with Crippen LogP contribution < -0.4 is 11.1 Å². The molecule has 0 spiro atoms. The molecule has 0 fully saturated rings. The Hall–Kier alpha value is -1.66. The van der Waals surface area contributed by atoms with Crippen LogP contribution in [0.4, 0.5) is 5.69 Å². The van der Waals surface area contributed by atoms with E-state index in [1.54, 1.807) is 18.2 Å². The molecule has 4 nitrogen and oxygen atoms in total. The topological polar surface area (TPSA) is 72.2 Å². The molecule has 3 N–H and O–H groups in total. The molecule has 2 aromatic carbocycles. The molecule has 2 rings (SSSR count). The van der Waals surface area contributed by atoms with Gasteiger partial charge < -0.3 is 11.1 Å². The third kappa shape index (κ3) is 3.26. The van der Waals surface area contributed by atoms with Crippen molar-refractivity contribution < 1.29 is 9.59 Å². The Labute approximate surface area is 132 Å². The van der Waals surface area contributed by atoms with Crippen LogP contribution in [0.1, 0.15) is 20.7 Å². The molecular weight excluding hydrogens is 388 g/mol. The van der Waals surface area contributed by atoms with Gasteiger partial charge in [0.15, 0.2) is 0 Å². The zero-order valence-electron chi connectivity index (χ0n) is 10.2. The first kappa shape index (κ1) is 14.7. The molecule has 2 amide bonds. The van der Waals surface area contributed by atoms with Crippen molar-refractivity contribution in [1.29, 1.82) is 0 Å². The molecule has 0 unspecified atom stereocenters. The number of nitrogens with one attached hydrogen (secondary N) is 1. The van der Waals surface area contributed by atoms with E-state index in [9.17, 15) is 9.59 Å². The predicted molar refractivity (Wildman–Crippen MR) is 84.8 cm³/mol. The van der Waals surface area contributed by atoms with Crippen LogP contribution >= 0.6 is 31.9 Å². The summed E-state index contributed by atoms with van der Waals surface area (Å²) in [6.45, 7) is 0. The predicted octanol–water partition coefficient (Wildman–Crippen LogP) is 3.56. The molecule has 0 atom stereocenters. The molecule has 20 heavy (non-hydrogen) atoms. The zero-order chi connectivity index (χ0) is 14.7. The molecule has 0 radical (unpaired) electrons. The summed E-state index contributed by atoms with van der Waals surface area (Å²) in [6.07, 6.45) is 0. The lowest BCUT2D eigenvalue weighted by atomic mass is 10.1. The molecule has 0 bridgehead atoms. The van der Waals surface area contributed by atoms with Crippen molar-refractivity contribution in [2.75, 3.05) is 5.32 Å². The number of primary amides is 1. The van der Waals surface area contributed by atoms with Gasteiger partial charge in [-0.1, -0.05) is 6.07 Å². The molecule has 0 saturated carbocycles. The monoisotopic (exact) mass is 396 g/mol. The highest BCUT2D eigenvalue weighted by Crippen LogP contribution is 2.30. The second-order valence-electron chi connectivity index (χ2n) is 4.00. The lowest BCUT2D eigenvalue weighted by molar-refractivity contribution is 0.0995. The highest BCUT2D eigenvalue weighted by Gasteiger charge is 2.10. The Morgan fingerprint density at radius 1 is 0.950 bits per heavy atom. The number of hydrogen-bond donors (Lipinski definition) is 2. The molecule has 0 aliphatic heterocycles. The second-order valence-corrected chi connectivity index (χ2v) is 5.64. The summed E-state index contributed by atoms with van der Waals surface area (Å²) < 4.78 is 1.61.